The van der Waals surface area contributed by atoms with Crippen LogP contribution in [0.5, 0.6) is 0 Å². The molecule has 0 atom stereocenters. The Morgan fingerprint density at radius 3 is 2.65 bits per heavy atom. The smallest absolute Gasteiger partial charge is 0.251 e. The van der Waals surface area contributed by atoms with Crippen molar-refractivity contribution in [1.29, 1.82) is 0 Å². The molecular weight excluding hydrogens is 414 g/mol. The minimum Gasteiger partial charge on any atom is -0.383 e. The number of amides is 2. The van der Waals surface area contributed by atoms with Crippen LogP contribution in [-0.2, 0) is 15.3 Å². The molecule has 31 heavy (non-hydrogen) atoms. The Morgan fingerprint density at radius 1 is 1.16 bits per heavy atom. The molecule has 8 nitrogen and oxygen atoms in total. The first-order chi connectivity index (χ1) is 15.0. The summed E-state index contributed by atoms with van der Waals surface area (Å²) in [5.74, 6) is 1.57. The Labute approximate surface area is 187 Å². The highest BCUT2D eigenvalue weighted by Gasteiger charge is 2.20. The van der Waals surface area contributed by atoms with Crippen molar-refractivity contribution in [2.45, 2.75) is 24.8 Å². The van der Waals surface area contributed by atoms with Crippen LogP contribution < -0.4 is 10.2 Å². The molecule has 9 heteroatoms. The monoisotopic (exact) mass is 443 g/mol. The molecule has 1 fully saturated rings. The fourth-order valence-corrected chi connectivity index (χ4v) is 4.16. The van der Waals surface area contributed by atoms with Crippen LogP contribution in [-0.4, -0.2) is 73.1 Å². The van der Waals surface area contributed by atoms with E-state index < -0.39 is 0 Å². The molecule has 1 saturated heterocycles. The van der Waals surface area contributed by atoms with Gasteiger partial charge in [-0.15, -0.1) is 0 Å². The van der Waals surface area contributed by atoms with Gasteiger partial charge in [-0.2, -0.15) is 0 Å². The van der Waals surface area contributed by atoms with Gasteiger partial charge in [0.25, 0.3) is 5.91 Å². The molecule has 1 N–H and O–H groups in total. The minimum absolute atomic E-state index is 0.109. The average Bonchev–Trinajstić information content (AvgIpc) is 2.77. The summed E-state index contributed by atoms with van der Waals surface area (Å²) in [4.78, 5) is 37.1. The van der Waals surface area contributed by atoms with E-state index in [1.54, 1.807) is 31.9 Å². The first-order valence-corrected chi connectivity index (χ1v) is 11.3. The third-order valence-electron chi connectivity index (χ3n) is 5.02. The van der Waals surface area contributed by atoms with Gasteiger partial charge in [-0.05, 0) is 24.6 Å². The first-order valence-electron chi connectivity index (χ1n) is 10.3. The minimum atomic E-state index is -0.109. The lowest BCUT2D eigenvalue weighted by atomic mass is 10.1. The summed E-state index contributed by atoms with van der Waals surface area (Å²) < 4.78 is 4.97. The molecule has 2 aromatic rings. The quantitative estimate of drug-likeness (QED) is 0.380. The predicted octanol–water partition coefficient (Wildman–Crippen LogP) is 2.12. The molecule has 0 radical (unpaired) electrons. The van der Waals surface area contributed by atoms with E-state index in [2.05, 4.69) is 15.2 Å². The van der Waals surface area contributed by atoms with E-state index in [1.807, 2.05) is 36.1 Å². The Morgan fingerprint density at radius 2 is 1.94 bits per heavy atom. The van der Waals surface area contributed by atoms with Crippen LogP contribution in [0, 0.1) is 6.92 Å². The predicted molar refractivity (Wildman–Crippen MR) is 121 cm³/mol. The molecular formula is C22H29N5O3S. The van der Waals surface area contributed by atoms with E-state index in [1.165, 1.54) is 0 Å². The highest BCUT2D eigenvalue weighted by Crippen LogP contribution is 2.24. The van der Waals surface area contributed by atoms with Gasteiger partial charge in [-0.3, -0.25) is 9.59 Å². The topological polar surface area (TPSA) is 87.7 Å². The van der Waals surface area contributed by atoms with Crippen LogP contribution in [0.15, 0.2) is 35.5 Å². The van der Waals surface area contributed by atoms with Crippen molar-refractivity contribution in [3.8, 4) is 0 Å². The standard InChI is InChI=1S/C22H29N5O3S/c1-16-13-20(27-10-8-26(9-11-27)17(2)28)25-22(24-16)31-15-18-5-4-6-19(14-18)21(29)23-7-12-30-3/h4-6,13-14H,7-12,15H2,1-3H3,(H,23,29). The lowest BCUT2D eigenvalue weighted by molar-refractivity contribution is -0.129. The Balaban J connectivity index is 1.61. The van der Waals surface area contributed by atoms with E-state index in [0.29, 0.717) is 42.7 Å². The second kappa shape index (κ2) is 11.1. The molecule has 2 amide bonds. The third kappa shape index (κ3) is 6.67. The number of thioether (sulfide) groups is 1. The SMILES string of the molecule is COCCNC(=O)c1cccc(CSc2nc(C)cc(N3CCN(C(C)=O)CC3)n2)c1. The van der Waals surface area contributed by atoms with Gasteiger partial charge in [0.1, 0.15) is 5.82 Å². The van der Waals surface area contributed by atoms with Gasteiger partial charge in [-0.1, -0.05) is 23.9 Å². The number of hydrogen-bond donors (Lipinski definition) is 1. The number of carbonyl (C=O) groups excluding carboxylic acids is 2. The van der Waals surface area contributed by atoms with Gasteiger partial charge >= 0.3 is 0 Å². The second-order valence-corrected chi connectivity index (χ2v) is 8.32. The van der Waals surface area contributed by atoms with E-state index in [9.17, 15) is 9.59 Å². The molecule has 0 spiro atoms. The number of piperazine rings is 1. The molecule has 0 unspecified atom stereocenters. The number of aromatic nitrogens is 2. The molecule has 1 aromatic heterocycles. The number of hydrogen-bond acceptors (Lipinski definition) is 7. The van der Waals surface area contributed by atoms with Crippen molar-refractivity contribution in [2.24, 2.45) is 0 Å². The van der Waals surface area contributed by atoms with E-state index in [4.69, 9.17) is 9.72 Å². The number of nitrogens with one attached hydrogen (secondary N) is 1. The van der Waals surface area contributed by atoms with E-state index >= 15 is 0 Å². The summed E-state index contributed by atoms with van der Waals surface area (Å²) in [5, 5.41) is 3.54. The largest absolute Gasteiger partial charge is 0.383 e. The lowest BCUT2D eigenvalue weighted by Crippen LogP contribution is -2.48. The van der Waals surface area contributed by atoms with E-state index in [0.717, 1.165) is 30.2 Å². The molecule has 0 saturated carbocycles. The van der Waals surface area contributed by atoms with Crippen LogP contribution >= 0.6 is 11.8 Å². The number of methoxy groups -OCH3 is 1. The van der Waals surface area contributed by atoms with Crippen LogP contribution in [0.25, 0.3) is 0 Å². The first kappa shape index (κ1) is 23.0. The zero-order valence-corrected chi connectivity index (χ0v) is 19.1. The average molecular weight is 444 g/mol. The van der Waals surface area contributed by atoms with Crippen LogP contribution in [0.2, 0.25) is 0 Å². The van der Waals surface area contributed by atoms with Crippen LogP contribution in [0.4, 0.5) is 5.82 Å². The fraction of sp³-hybridized carbons (Fsp3) is 0.455. The summed E-state index contributed by atoms with van der Waals surface area (Å²) in [7, 11) is 1.61. The fourth-order valence-electron chi connectivity index (χ4n) is 3.32. The molecule has 1 aliphatic heterocycles. The lowest BCUT2D eigenvalue weighted by Gasteiger charge is -2.35. The van der Waals surface area contributed by atoms with Crippen LogP contribution in [0.1, 0.15) is 28.5 Å². The molecule has 166 valence electrons. The van der Waals surface area contributed by atoms with Crippen molar-refractivity contribution in [2.75, 3.05) is 51.3 Å². The number of benzene rings is 1. The summed E-state index contributed by atoms with van der Waals surface area (Å²) in [6.07, 6.45) is 0. The van der Waals surface area contributed by atoms with Gasteiger partial charge in [0.2, 0.25) is 5.91 Å². The molecule has 1 aliphatic rings. The van der Waals surface area contributed by atoms with Crippen molar-refractivity contribution < 1.29 is 14.3 Å². The van der Waals surface area contributed by atoms with Gasteiger partial charge < -0.3 is 19.9 Å². The maximum Gasteiger partial charge on any atom is 0.251 e. The van der Waals surface area contributed by atoms with Gasteiger partial charge in [0.05, 0.1) is 6.61 Å². The summed E-state index contributed by atoms with van der Waals surface area (Å²) in [6, 6.07) is 9.57. The number of nitrogens with zero attached hydrogens (tertiary/aromatic N) is 4. The molecule has 3 rings (SSSR count). The molecule has 1 aromatic carbocycles. The third-order valence-corrected chi connectivity index (χ3v) is 5.94. The summed E-state index contributed by atoms with van der Waals surface area (Å²) in [6.45, 7) is 7.48. The van der Waals surface area contributed by atoms with E-state index in [-0.39, 0.29) is 11.8 Å². The zero-order chi connectivity index (χ0) is 22.2. The second-order valence-electron chi connectivity index (χ2n) is 7.38. The Kier molecular flexibility index (Phi) is 8.25. The molecule has 0 aliphatic carbocycles. The number of aryl methyl sites for hydroxylation is 1. The number of anilines is 1. The molecule has 0 bridgehead atoms. The van der Waals surface area contributed by atoms with Crippen molar-refractivity contribution in [3.63, 3.8) is 0 Å². The maximum atomic E-state index is 12.2. The van der Waals surface area contributed by atoms with Gasteiger partial charge in [-0.25, -0.2) is 9.97 Å². The summed E-state index contributed by atoms with van der Waals surface area (Å²) in [5.41, 5.74) is 2.57. The number of rotatable bonds is 8. The Hall–Kier alpha value is -2.65. The number of ether oxygens (including phenoxy) is 1. The van der Waals surface area contributed by atoms with Gasteiger partial charge in [0, 0.05) is 69.8 Å². The highest BCUT2D eigenvalue weighted by molar-refractivity contribution is 7.98. The summed E-state index contributed by atoms with van der Waals surface area (Å²) >= 11 is 1.55. The number of carbonyl (C=O) groups is 2. The van der Waals surface area contributed by atoms with Crippen molar-refractivity contribution in [1.82, 2.24) is 20.2 Å². The van der Waals surface area contributed by atoms with Crippen molar-refractivity contribution in [3.05, 3.63) is 47.2 Å². The normalized spacial score (nSPS) is 13.9. The van der Waals surface area contributed by atoms with Crippen molar-refractivity contribution >= 4 is 29.4 Å². The zero-order valence-electron chi connectivity index (χ0n) is 18.3. The molecule has 2 heterocycles. The highest BCUT2D eigenvalue weighted by atomic mass is 32.2. The van der Waals surface area contributed by atoms with Gasteiger partial charge in [0.15, 0.2) is 5.16 Å². The maximum absolute atomic E-state index is 12.2. The Bertz CT molecular complexity index is 916. The van der Waals surface area contributed by atoms with Crippen LogP contribution in [0.3, 0.4) is 0 Å².